The van der Waals surface area contributed by atoms with Gasteiger partial charge in [0.25, 0.3) is 5.91 Å². The fraction of sp³-hybridized carbons (Fsp3) is 0.393. The van der Waals surface area contributed by atoms with E-state index >= 15 is 0 Å². The fourth-order valence-corrected chi connectivity index (χ4v) is 8.02. The average molecular weight is 550 g/mol. The summed E-state index contributed by atoms with van der Waals surface area (Å²) in [6.07, 6.45) is 6.55. The molecule has 8 nitrogen and oxygen atoms in total. The molecule has 2 aliphatic rings. The predicted molar refractivity (Wildman–Crippen MR) is 150 cm³/mol. The topological polar surface area (TPSA) is 97.2 Å². The molecule has 1 aliphatic carbocycles. The highest BCUT2D eigenvalue weighted by molar-refractivity contribution is 7.89. The number of carbonyl (C=O) groups is 1. The molecule has 0 radical (unpaired) electrons. The number of hydrogen-bond acceptors (Lipinski definition) is 6. The van der Waals surface area contributed by atoms with E-state index < -0.39 is 10.0 Å². The maximum absolute atomic E-state index is 13.1. The van der Waals surface area contributed by atoms with Crippen molar-refractivity contribution in [2.24, 2.45) is 5.92 Å². The fourth-order valence-electron chi connectivity index (χ4n) is 5.45. The number of nitrogens with one attached hydrogen (secondary N) is 1. The second-order valence-electron chi connectivity index (χ2n) is 10.5. The molecule has 1 unspecified atom stereocenters. The molecule has 10 heteroatoms. The number of aryl methyl sites for hydroxylation is 3. The van der Waals surface area contributed by atoms with E-state index in [0.29, 0.717) is 35.5 Å². The van der Waals surface area contributed by atoms with Crippen molar-refractivity contribution in [1.82, 2.24) is 19.1 Å². The number of carbonyl (C=O) groups excluding carboxylic acids is 1. The van der Waals surface area contributed by atoms with Gasteiger partial charge in [0.05, 0.1) is 20.8 Å². The Hall–Kier alpha value is -3.08. The van der Waals surface area contributed by atoms with Crippen LogP contribution in [0, 0.1) is 12.8 Å². The molecule has 198 valence electrons. The van der Waals surface area contributed by atoms with Crippen LogP contribution in [-0.2, 0) is 22.9 Å². The number of aromatic nitrogens is 3. The van der Waals surface area contributed by atoms with Crippen LogP contribution in [0.2, 0.25) is 0 Å². The van der Waals surface area contributed by atoms with E-state index in [1.54, 1.807) is 32.5 Å². The highest BCUT2D eigenvalue weighted by atomic mass is 32.2. The highest BCUT2D eigenvalue weighted by Crippen LogP contribution is 2.32. The quantitative estimate of drug-likeness (QED) is 0.362. The third kappa shape index (κ3) is 4.76. The molecule has 1 amide bonds. The van der Waals surface area contributed by atoms with E-state index in [1.807, 2.05) is 13.0 Å². The molecule has 1 saturated heterocycles. The molecular formula is C28H31N5O3S2. The van der Waals surface area contributed by atoms with E-state index in [2.05, 4.69) is 29.5 Å². The van der Waals surface area contributed by atoms with Crippen molar-refractivity contribution in [3.05, 3.63) is 64.8 Å². The predicted octanol–water partition coefficient (Wildman–Crippen LogP) is 5.34. The normalized spacial score (nSPS) is 18.4. The molecule has 6 rings (SSSR count). The van der Waals surface area contributed by atoms with Gasteiger partial charge in [-0.3, -0.25) is 4.79 Å². The van der Waals surface area contributed by atoms with Crippen LogP contribution in [0.5, 0.6) is 0 Å². The Morgan fingerprint density at radius 1 is 1.05 bits per heavy atom. The number of hydrogen-bond donors (Lipinski definition) is 1. The molecule has 2 aromatic carbocycles. The van der Waals surface area contributed by atoms with Crippen molar-refractivity contribution >= 4 is 43.3 Å². The maximum atomic E-state index is 13.1. The summed E-state index contributed by atoms with van der Waals surface area (Å²) in [7, 11) is -3.57. The summed E-state index contributed by atoms with van der Waals surface area (Å²) in [6, 6.07) is 12.4. The first-order valence-corrected chi connectivity index (χ1v) is 15.4. The van der Waals surface area contributed by atoms with E-state index in [-0.39, 0.29) is 10.8 Å². The molecular weight excluding hydrogens is 518 g/mol. The van der Waals surface area contributed by atoms with Crippen molar-refractivity contribution < 1.29 is 13.2 Å². The molecule has 2 aromatic heterocycles. The SMILES string of the molecule is Cc1cc(NC(=O)c2ccc(S(=O)(=O)N3CCCC(C)C3)cc2)n(-c2nc3cc4c(cc3s2)CCCC4)n1. The van der Waals surface area contributed by atoms with Crippen LogP contribution in [0.3, 0.4) is 0 Å². The Morgan fingerprint density at radius 3 is 2.53 bits per heavy atom. The van der Waals surface area contributed by atoms with Crippen LogP contribution in [0.1, 0.15) is 59.8 Å². The van der Waals surface area contributed by atoms with Crippen LogP contribution in [0.15, 0.2) is 47.4 Å². The number of anilines is 1. The standard InChI is InChI=1S/C28H31N5O3S2/c1-18-6-5-13-32(17-18)38(35,36)23-11-9-20(10-12-23)27(34)30-26-14-19(2)31-33(26)28-29-24-15-21-7-3-4-8-22(21)16-25(24)37-28/h9-12,14-16,18H,3-8,13,17H2,1-2H3,(H,30,34). The molecule has 1 N–H and O–H groups in total. The third-order valence-electron chi connectivity index (χ3n) is 7.47. The minimum absolute atomic E-state index is 0.209. The Labute approximate surface area is 226 Å². The van der Waals surface area contributed by atoms with Crippen molar-refractivity contribution in [3.8, 4) is 5.13 Å². The summed E-state index contributed by atoms with van der Waals surface area (Å²) in [5.41, 5.74) is 4.88. The zero-order chi connectivity index (χ0) is 26.4. The third-order valence-corrected chi connectivity index (χ3v) is 10.3. The number of sulfonamides is 1. The summed E-state index contributed by atoms with van der Waals surface area (Å²) in [5, 5.41) is 8.23. The lowest BCUT2D eigenvalue weighted by atomic mass is 9.92. The van der Waals surface area contributed by atoms with Crippen LogP contribution >= 0.6 is 11.3 Å². The lowest BCUT2D eigenvalue weighted by molar-refractivity contribution is 0.102. The minimum Gasteiger partial charge on any atom is -0.306 e. The number of thiazole rings is 1. The van der Waals surface area contributed by atoms with E-state index in [9.17, 15) is 13.2 Å². The summed E-state index contributed by atoms with van der Waals surface area (Å²) in [4.78, 5) is 18.2. The van der Waals surface area contributed by atoms with Gasteiger partial charge in [-0.1, -0.05) is 18.3 Å². The smallest absolute Gasteiger partial charge is 0.256 e. The van der Waals surface area contributed by atoms with Gasteiger partial charge in [0, 0.05) is 24.7 Å². The van der Waals surface area contributed by atoms with Crippen LogP contribution < -0.4 is 5.32 Å². The van der Waals surface area contributed by atoms with Gasteiger partial charge in [0.1, 0.15) is 5.82 Å². The molecule has 0 saturated carbocycles. The van der Waals surface area contributed by atoms with E-state index in [1.165, 1.54) is 36.1 Å². The first-order chi connectivity index (χ1) is 18.3. The summed E-state index contributed by atoms with van der Waals surface area (Å²) in [5.74, 6) is 0.534. The van der Waals surface area contributed by atoms with Gasteiger partial charge in [0.15, 0.2) is 0 Å². The van der Waals surface area contributed by atoms with Crippen LogP contribution in [0.25, 0.3) is 15.3 Å². The number of rotatable bonds is 5. The number of piperidine rings is 1. The Bertz CT molecular complexity index is 1580. The van der Waals surface area contributed by atoms with E-state index in [0.717, 1.165) is 41.6 Å². The Morgan fingerprint density at radius 2 is 1.79 bits per heavy atom. The highest BCUT2D eigenvalue weighted by Gasteiger charge is 2.28. The van der Waals surface area contributed by atoms with Gasteiger partial charge in [-0.25, -0.2) is 13.4 Å². The second-order valence-corrected chi connectivity index (χ2v) is 13.4. The number of fused-ring (bicyclic) bond motifs is 2. The monoisotopic (exact) mass is 549 g/mol. The summed E-state index contributed by atoms with van der Waals surface area (Å²) >= 11 is 1.56. The zero-order valence-corrected chi connectivity index (χ0v) is 23.2. The van der Waals surface area contributed by atoms with E-state index in [4.69, 9.17) is 4.98 Å². The Kier molecular flexibility index (Phi) is 6.57. The summed E-state index contributed by atoms with van der Waals surface area (Å²) in [6.45, 7) is 5.01. The Balaban J connectivity index is 1.23. The molecule has 38 heavy (non-hydrogen) atoms. The lowest BCUT2D eigenvalue weighted by Crippen LogP contribution is -2.39. The van der Waals surface area contributed by atoms with Crippen LogP contribution in [0.4, 0.5) is 5.82 Å². The molecule has 0 spiro atoms. The molecule has 4 aromatic rings. The molecule has 1 aliphatic heterocycles. The van der Waals surface area contributed by atoms with Crippen molar-refractivity contribution in [1.29, 1.82) is 0 Å². The largest absolute Gasteiger partial charge is 0.306 e. The van der Waals surface area contributed by atoms with Crippen molar-refractivity contribution in [2.75, 3.05) is 18.4 Å². The second kappa shape index (κ2) is 9.91. The number of benzene rings is 2. The molecule has 1 atom stereocenters. The molecule has 1 fully saturated rings. The van der Waals surface area contributed by atoms with Crippen molar-refractivity contribution in [2.45, 2.75) is 57.3 Å². The molecule has 3 heterocycles. The zero-order valence-electron chi connectivity index (χ0n) is 21.6. The molecule has 0 bridgehead atoms. The first kappa shape index (κ1) is 25.2. The van der Waals surface area contributed by atoms with Gasteiger partial charge in [-0.05, 0) is 98.9 Å². The van der Waals surface area contributed by atoms with Gasteiger partial charge in [-0.2, -0.15) is 14.1 Å². The van der Waals surface area contributed by atoms with Gasteiger partial charge in [0.2, 0.25) is 15.2 Å². The van der Waals surface area contributed by atoms with Gasteiger partial charge >= 0.3 is 0 Å². The average Bonchev–Trinajstić information content (AvgIpc) is 3.49. The first-order valence-electron chi connectivity index (χ1n) is 13.2. The number of nitrogens with zero attached hydrogens (tertiary/aromatic N) is 4. The number of amides is 1. The summed E-state index contributed by atoms with van der Waals surface area (Å²) < 4.78 is 30.5. The van der Waals surface area contributed by atoms with Gasteiger partial charge < -0.3 is 5.32 Å². The van der Waals surface area contributed by atoms with Crippen molar-refractivity contribution in [3.63, 3.8) is 0 Å². The minimum atomic E-state index is -3.57. The lowest BCUT2D eigenvalue weighted by Gasteiger charge is -2.30. The van der Waals surface area contributed by atoms with Crippen LogP contribution in [-0.4, -0.2) is 46.5 Å². The van der Waals surface area contributed by atoms with Gasteiger partial charge in [-0.15, -0.1) is 0 Å². The maximum Gasteiger partial charge on any atom is 0.256 e.